The van der Waals surface area contributed by atoms with Crippen LogP contribution in [0.2, 0.25) is 0 Å². The van der Waals surface area contributed by atoms with E-state index in [4.69, 9.17) is 4.74 Å². The van der Waals surface area contributed by atoms with E-state index < -0.39 is 0 Å². The van der Waals surface area contributed by atoms with Crippen LogP contribution in [0.15, 0.2) is 24.3 Å². The average molecular weight is 233 g/mol. The second-order valence-electron chi connectivity index (χ2n) is 4.79. The van der Waals surface area contributed by atoms with E-state index in [0.717, 1.165) is 30.8 Å². The van der Waals surface area contributed by atoms with E-state index in [1.165, 1.54) is 0 Å². The van der Waals surface area contributed by atoms with Crippen LogP contribution in [-0.4, -0.2) is 30.5 Å². The van der Waals surface area contributed by atoms with E-state index in [1.54, 1.807) is 0 Å². The lowest BCUT2D eigenvalue weighted by molar-refractivity contribution is -0.132. The molecule has 1 atom stereocenters. The second-order valence-corrected chi connectivity index (χ2v) is 4.79. The molecule has 3 heteroatoms. The van der Waals surface area contributed by atoms with Crippen LogP contribution < -0.4 is 4.74 Å². The highest BCUT2D eigenvalue weighted by Crippen LogP contribution is 2.18. The number of carbonyl (C=O) groups is 1. The third-order valence-corrected chi connectivity index (χ3v) is 3.22. The van der Waals surface area contributed by atoms with Crippen molar-refractivity contribution >= 4 is 5.91 Å². The van der Waals surface area contributed by atoms with Crippen LogP contribution in [0.5, 0.6) is 5.75 Å². The van der Waals surface area contributed by atoms with Gasteiger partial charge in [0.2, 0.25) is 0 Å². The number of carbonyl (C=O) groups excluding carboxylic acids is 1. The summed E-state index contributed by atoms with van der Waals surface area (Å²) >= 11 is 0. The summed E-state index contributed by atoms with van der Waals surface area (Å²) in [5, 5.41) is 0. The van der Waals surface area contributed by atoms with Gasteiger partial charge in [-0.2, -0.15) is 0 Å². The maximum atomic E-state index is 11.9. The summed E-state index contributed by atoms with van der Waals surface area (Å²) in [4.78, 5) is 13.8. The summed E-state index contributed by atoms with van der Waals surface area (Å²) < 4.78 is 5.56. The second kappa shape index (κ2) is 5.21. The maximum Gasteiger partial charge on any atom is 0.260 e. The normalized spacial score (nSPS) is 19.4. The fraction of sp³-hybridized carbons (Fsp3) is 0.500. The lowest BCUT2D eigenvalue weighted by Gasteiger charge is -2.16. The Balaban J connectivity index is 1.86. The van der Waals surface area contributed by atoms with Gasteiger partial charge in [0.1, 0.15) is 5.75 Å². The Morgan fingerprint density at radius 2 is 2.24 bits per heavy atom. The van der Waals surface area contributed by atoms with Crippen molar-refractivity contribution in [3.8, 4) is 5.75 Å². The van der Waals surface area contributed by atoms with Crippen molar-refractivity contribution in [2.75, 3.05) is 19.7 Å². The maximum absolute atomic E-state index is 11.9. The Labute approximate surface area is 102 Å². The van der Waals surface area contributed by atoms with Gasteiger partial charge in [0, 0.05) is 13.1 Å². The molecular formula is C14H19NO2. The molecule has 0 aromatic heterocycles. The number of hydrogen-bond donors (Lipinski definition) is 0. The summed E-state index contributed by atoms with van der Waals surface area (Å²) in [5.74, 6) is 1.52. The molecule has 3 nitrogen and oxygen atoms in total. The summed E-state index contributed by atoms with van der Waals surface area (Å²) in [6.45, 7) is 6.05. The first-order chi connectivity index (χ1) is 8.16. The summed E-state index contributed by atoms with van der Waals surface area (Å²) in [6, 6.07) is 7.77. The molecule has 1 aromatic rings. The lowest BCUT2D eigenvalue weighted by Crippen LogP contribution is -2.32. The van der Waals surface area contributed by atoms with Crippen LogP contribution in [0, 0.1) is 12.8 Å². The van der Waals surface area contributed by atoms with Crippen LogP contribution in [0.3, 0.4) is 0 Å². The highest BCUT2D eigenvalue weighted by Gasteiger charge is 2.23. The van der Waals surface area contributed by atoms with Crippen LogP contribution in [0.1, 0.15) is 18.9 Å². The van der Waals surface area contributed by atoms with E-state index in [9.17, 15) is 4.79 Å². The van der Waals surface area contributed by atoms with Gasteiger partial charge < -0.3 is 9.64 Å². The fourth-order valence-electron chi connectivity index (χ4n) is 2.11. The number of hydrogen-bond acceptors (Lipinski definition) is 2. The number of rotatable bonds is 3. The summed E-state index contributed by atoms with van der Waals surface area (Å²) in [5.41, 5.74) is 1.06. The van der Waals surface area contributed by atoms with Gasteiger partial charge in [0.05, 0.1) is 0 Å². The van der Waals surface area contributed by atoms with Crippen molar-refractivity contribution in [3.63, 3.8) is 0 Å². The van der Waals surface area contributed by atoms with Crippen molar-refractivity contribution in [1.29, 1.82) is 0 Å². The van der Waals surface area contributed by atoms with E-state index in [2.05, 4.69) is 6.92 Å². The largest absolute Gasteiger partial charge is 0.484 e. The number of benzene rings is 1. The Morgan fingerprint density at radius 3 is 2.88 bits per heavy atom. The minimum atomic E-state index is 0.0950. The van der Waals surface area contributed by atoms with Crippen molar-refractivity contribution < 1.29 is 9.53 Å². The van der Waals surface area contributed by atoms with Crippen LogP contribution in [0.25, 0.3) is 0 Å². The zero-order valence-corrected chi connectivity index (χ0v) is 10.5. The molecule has 1 aromatic carbocycles. The van der Waals surface area contributed by atoms with Crippen LogP contribution in [-0.2, 0) is 4.79 Å². The predicted octanol–water partition coefficient (Wildman–Crippen LogP) is 2.24. The number of aryl methyl sites for hydroxylation is 1. The number of likely N-dealkylation sites (tertiary alicyclic amines) is 1. The molecule has 1 amide bonds. The summed E-state index contributed by atoms with van der Waals surface area (Å²) in [6.07, 6.45) is 1.11. The average Bonchev–Trinajstić information content (AvgIpc) is 2.74. The number of nitrogens with zero attached hydrogens (tertiary/aromatic N) is 1. The molecule has 0 radical (unpaired) electrons. The van der Waals surface area contributed by atoms with E-state index in [0.29, 0.717) is 5.92 Å². The molecule has 1 fully saturated rings. The molecule has 0 N–H and O–H groups in total. The predicted molar refractivity (Wildman–Crippen MR) is 67.0 cm³/mol. The van der Waals surface area contributed by atoms with E-state index in [1.807, 2.05) is 36.1 Å². The van der Waals surface area contributed by atoms with Gasteiger partial charge in [-0.25, -0.2) is 0 Å². The van der Waals surface area contributed by atoms with Gasteiger partial charge in [0.15, 0.2) is 6.61 Å². The van der Waals surface area contributed by atoms with Crippen LogP contribution >= 0.6 is 0 Å². The molecule has 1 saturated heterocycles. The number of para-hydroxylation sites is 1. The molecule has 0 spiro atoms. The zero-order chi connectivity index (χ0) is 12.3. The molecule has 0 bridgehead atoms. The molecule has 1 unspecified atom stereocenters. The Hall–Kier alpha value is -1.51. The monoisotopic (exact) mass is 233 g/mol. The third kappa shape index (κ3) is 2.99. The van der Waals surface area contributed by atoms with Gasteiger partial charge in [-0.3, -0.25) is 4.79 Å². The quantitative estimate of drug-likeness (QED) is 0.801. The molecule has 0 aliphatic carbocycles. The molecule has 1 aliphatic heterocycles. The first kappa shape index (κ1) is 12.0. The molecule has 1 aliphatic rings. The van der Waals surface area contributed by atoms with Crippen molar-refractivity contribution in [1.82, 2.24) is 4.90 Å². The van der Waals surface area contributed by atoms with Gasteiger partial charge >= 0.3 is 0 Å². The first-order valence-electron chi connectivity index (χ1n) is 6.13. The number of ether oxygens (including phenoxy) is 1. The Bertz CT molecular complexity index is 403. The van der Waals surface area contributed by atoms with Gasteiger partial charge in [0.25, 0.3) is 5.91 Å². The smallest absolute Gasteiger partial charge is 0.260 e. The minimum absolute atomic E-state index is 0.0950. The molecule has 17 heavy (non-hydrogen) atoms. The standard InChI is InChI=1S/C14H19NO2/c1-11-7-8-15(9-11)14(16)10-17-13-6-4-3-5-12(13)2/h3-6,11H,7-10H2,1-2H3. The molecule has 0 saturated carbocycles. The molecule has 2 rings (SSSR count). The van der Waals surface area contributed by atoms with Crippen LogP contribution in [0.4, 0.5) is 0 Å². The fourth-order valence-corrected chi connectivity index (χ4v) is 2.11. The topological polar surface area (TPSA) is 29.5 Å². The van der Waals surface area contributed by atoms with Crippen molar-refractivity contribution in [3.05, 3.63) is 29.8 Å². The van der Waals surface area contributed by atoms with Crippen molar-refractivity contribution in [2.24, 2.45) is 5.92 Å². The number of amides is 1. The Kier molecular flexibility index (Phi) is 3.67. The van der Waals surface area contributed by atoms with E-state index in [-0.39, 0.29) is 12.5 Å². The summed E-state index contributed by atoms with van der Waals surface area (Å²) in [7, 11) is 0. The van der Waals surface area contributed by atoms with Gasteiger partial charge in [-0.1, -0.05) is 25.1 Å². The van der Waals surface area contributed by atoms with E-state index >= 15 is 0 Å². The third-order valence-electron chi connectivity index (χ3n) is 3.22. The van der Waals surface area contributed by atoms with Crippen molar-refractivity contribution in [2.45, 2.75) is 20.3 Å². The van der Waals surface area contributed by atoms with Gasteiger partial charge in [-0.15, -0.1) is 0 Å². The zero-order valence-electron chi connectivity index (χ0n) is 10.5. The molecule has 1 heterocycles. The minimum Gasteiger partial charge on any atom is -0.484 e. The molecular weight excluding hydrogens is 214 g/mol. The highest BCUT2D eigenvalue weighted by molar-refractivity contribution is 5.78. The Morgan fingerprint density at radius 1 is 1.47 bits per heavy atom. The highest BCUT2D eigenvalue weighted by atomic mass is 16.5. The SMILES string of the molecule is Cc1ccccc1OCC(=O)N1CCC(C)C1. The molecule has 92 valence electrons. The lowest BCUT2D eigenvalue weighted by atomic mass is 10.2. The van der Waals surface area contributed by atoms with Gasteiger partial charge in [-0.05, 0) is 30.9 Å². The first-order valence-corrected chi connectivity index (χ1v) is 6.13.